The van der Waals surface area contributed by atoms with Gasteiger partial charge in [0.2, 0.25) is 0 Å². The first-order valence-corrected chi connectivity index (χ1v) is 7.79. The van der Waals surface area contributed by atoms with Crippen LogP contribution >= 0.6 is 0 Å². The topological polar surface area (TPSA) is 0 Å². The van der Waals surface area contributed by atoms with Crippen LogP contribution < -0.4 is 0 Å². The highest BCUT2D eigenvalue weighted by Crippen LogP contribution is 2.38. The fourth-order valence-corrected chi connectivity index (χ4v) is 2.37. The van der Waals surface area contributed by atoms with E-state index in [9.17, 15) is 0 Å². The van der Waals surface area contributed by atoms with Crippen LogP contribution in [-0.2, 0) is 0 Å². The van der Waals surface area contributed by atoms with Crippen molar-refractivity contribution in [1.29, 1.82) is 0 Å². The maximum Gasteiger partial charge on any atom is -0.0225 e. The molecular weight excluding hydrogens is 252 g/mol. The van der Waals surface area contributed by atoms with Crippen LogP contribution in [0.3, 0.4) is 0 Å². The predicted molar refractivity (Wildman–Crippen MR) is 94.0 cm³/mol. The molecule has 21 heavy (non-hydrogen) atoms. The minimum Gasteiger partial charge on any atom is -0.0985 e. The minimum atomic E-state index is 1.17. The second-order valence-corrected chi connectivity index (χ2v) is 5.31. The first-order chi connectivity index (χ1) is 10.3. The molecule has 0 heteroatoms. The van der Waals surface area contributed by atoms with Gasteiger partial charge < -0.3 is 0 Å². The van der Waals surface area contributed by atoms with Gasteiger partial charge in [0.25, 0.3) is 0 Å². The third-order valence-corrected chi connectivity index (χ3v) is 3.58. The average molecular weight is 276 g/mol. The van der Waals surface area contributed by atoms with E-state index in [0.29, 0.717) is 0 Å². The zero-order valence-electron chi connectivity index (χ0n) is 12.9. The van der Waals surface area contributed by atoms with E-state index in [4.69, 9.17) is 0 Å². The van der Waals surface area contributed by atoms with Gasteiger partial charge >= 0.3 is 0 Å². The highest BCUT2D eigenvalue weighted by molar-refractivity contribution is 5.71. The Balaban J connectivity index is 0.000000173. The molecular formula is C21H24. The van der Waals surface area contributed by atoms with E-state index in [0.717, 1.165) is 0 Å². The maximum atomic E-state index is 3.63. The van der Waals surface area contributed by atoms with Gasteiger partial charge in [0, 0.05) is 0 Å². The van der Waals surface area contributed by atoms with Gasteiger partial charge in [0.05, 0.1) is 0 Å². The van der Waals surface area contributed by atoms with Gasteiger partial charge in [-0.1, -0.05) is 92.2 Å². The van der Waals surface area contributed by atoms with Crippen LogP contribution in [0.1, 0.15) is 43.7 Å². The van der Waals surface area contributed by atoms with E-state index >= 15 is 0 Å². The molecule has 0 unspecified atom stereocenters. The number of hydrogen-bond acceptors (Lipinski definition) is 0. The summed E-state index contributed by atoms with van der Waals surface area (Å²) >= 11 is 0. The molecule has 0 radical (unpaired) electrons. The van der Waals surface area contributed by atoms with Crippen LogP contribution in [0.5, 0.6) is 0 Å². The lowest BCUT2D eigenvalue weighted by Gasteiger charge is -2.05. The molecule has 0 spiro atoms. The fraction of sp³-hybridized carbons (Fsp3) is 0.238. The molecule has 0 bridgehead atoms. The van der Waals surface area contributed by atoms with Crippen LogP contribution in [-0.4, -0.2) is 0 Å². The van der Waals surface area contributed by atoms with E-state index in [2.05, 4.69) is 43.8 Å². The van der Waals surface area contributed by atoms with Gasteiger partial charge in [0.15, 0.2) is 0 Å². The van der Waals surface area contributed by atoms with E-state index in [1.807, 2.05) is 36.4 Å². The lowest BCUT2D eigenvalue weighted by molar-refractivity contribution is 0.971. The molecule has 0 aliphatic heterocycles. The highest BCUT2D eigenvalue weighted by Gasteiger charge is 2.17. The van der Waals surface area contributed by atoms with Crippen LogP contribution in [0.2, 0.25) is 0 Å². The van der Waals surface area contributed by atoms with E-state index in [1.54, 1.807) is 11.1 Å². The van der Waals surface area contributed by atoms with Crippen molar-refractivity contribution in [3.8, 4) is 0 Å². The third kappa shape index (κ3) is 5.07. The molecule has 0 heterocycles. The lowest BCUT2D eigenvalue weighted by atomic mass is 10.0. The quantitative estimate of drug-likeness (QED) is 0.609. The van der Waals surface area contributed by atoms with E-state index < -0.39 is 0 Å². The molecule has 1 saturated carbocycles. The minimum absolute atomic E-state index is 1.17. The largest absolute Gasteiger partial charge is 0.0985 e. The number of hydrogen-bond donors (Lipinski definition) is 0. The zero-order chi connectivity index (χ0) is 14.9. The number of benzene rings is 2. The van der Waals surface area contributed by atoms with E-state index in [-0.39, 0.29) is 0 Å². The summed E-state index contributed by atoms with van der Waals surface area (Å²) < 4.78 is 0. The Bertz CT molecular complexity index is 570. The summed E-state index contributed by atoms with van der Waals surface area (Å²) in [4.78, 5) is 0. The van der Waals surface area contributed by atoms with Crippen molar-refractivity contribution in [2.45, 2.75) is 32.6 Å². The standard InChI is InChI=1S/C13H16.C8H8/c1-2-6-13(12-9-10-12)11-7-4-3-5-8-11;1-2-8-6-4-3-5-7-8/h3-5,7-8H,2,6,9-10H2,1H3;2-7H,1H2. The molecule has 1 aliphatic carbocycles. The molecule has 2 aromatic carbocycles. The molecule has 1 aliphatic rings. The Labute approximate surface area is 128 Å². The number of rotatable bonds is 4. The van der Waals surface area contributed by atoms with Crippen LogP contribution in [0, 0.1) is 0 Å². The van der Waals surface area contributed by atoms with E-state index in [1.165, 1.54) is 36.8 Å². The Kier molecular flexibility index (Phi) is 6.02. The molecule has 0 atom stereocenters. The average Bonchev–Trinajstić information content (AvgIpc) is 3.39. The molecule has 108 valence electrons. The SMILES string of the molecule is C=Cc1ccccc1.CCCC(=C1CC1)c1ccccc1. The van der Waals surface area contributed by atoms with Gasteiger partial charge in [0.1, 0.15) is 0 Å². The van der Waals surface area contributed by atoms with Crippen molar-refractivity contribution >= 4 is 11.6 Å². The number of allylic oxidation sites excluding steroid dienone is 2. The Morgan fingerprint density at radius 2 is 1.52 bits per heavy atom. The Morgan fingerprint density at radius 1 is 0.952 bits per heavy atom. The molecule has 2 aromatic rings. The molecule has 0 amide bonds. The zero-order valence-corrected chi connectivity index (χ0v) is 12.9. The van der Waals surface area contributed by atoms with Crippen molar-refractivity contribution < 1.29 is 0 Å². The summed E-state index contributed by atoms with van der Waals surface area (Å²) in [5.41, 5.74) is 5.92. The molecule has 0 nitrogen and oxygen atoms in total. The maximum absolute atomic E-state index is 3.63. The summed E-state index contributed by atoms with van der Waals surface area (Å²) in [5, 5.41) is 0. The summed E-state index contributed by atoms with van der Waals surface area (Å²) in [5.74, 6) is 0. The molecule has 1 fully saturated rings. The Hall–Kier alpha value is -2.08. The van der Waals surface area contributed by atoms with Crippen LogP contribution in [0.25, 0.3) is 11.6 Å². The predicted octanol–water partition coefficient (Wildman–Crippen LogP) is 6.36. The van der Waals surface area contributed by atoms with Gasteiger partial charge in [-0.05, 0) is 36.0 Å². The molecule has 0 aromatic heterocycles. The Morgan fingerprint density at radius 3 is 1.95 bits per heavy atom. The fourth-order valence-electron chi connectivity index (χ4n) is 2.37. The van der Waals surface area contributed by atoms with Crippen molar-refractivity contribution in [1.82, 2.24) is 0 Å². The lowest BCUT2D eigenvalue weighted by Crippen LogP contribution is -1.83. The van der Waals surface area contributed by atoms with Gasteiger partial charge in [-0.25, -0.2) is 0 Å². The third-order valence-electron chi connectivity index (χ3n) is 3.58. The van der Waals surface area contributed by atoms with Gasteiger partial charge in [-0.3, -0.25) is 0 Å². The molecule has 0 saturated heterocycles. The van der Waals surface area contributed by atoms with Crippen molar-refractivity contribution in [2.24, 2.45) is 0 Å². The molecule has 0 N–H and O–H groups in total. The van der Waals surface area contributed by atoms with Crippen LogP contribution in [0.15, 0.2) is 72.8 Å². The van der Waals surface area contributed by atoms with Crippen molar-refractivity contribution in [2.75, 3.05) is 0 Å². The summed E-state index contributed by atoms with van der Waals surface area (Å²) in [6, 6.07) is 20.8. The summed E-state index contributed by atoms with van der Waals surface area (Å²) in [6.45, 7) is 5.89. The van der Waals surface area contributed by atoms with Crippen LogP contribution in [0.4, 0.5) is 0 Å². The monoisotopic (exact) mass is 276 g/mol. The second-order valence-electron chi connectivity index (χ2n) is 5.31. The normalized spacial score (nSPS) is 12.1. The first-order valence-electron chi connectivity index (χ1n) is 7.79. The first kappa shape index (κ1) is 15.3. The highest BCUT2D eigenvalue weighted by atomic mass is 14.2. The second kappa shape index (κ2) is 8.26. The van der Waals surface area contributed by atoms with Crippen molar-refractivity contribution in [3.63, 3.8) is 0 Å². The van der Waals surface area contributed by atoms with Crippen molar-refractivity contribution in [3.05, 3.63) is 83.9 Å². The summed E-state index contributed by atoms with van der Waals surface area (Å²) in [6.07, 6.45) is 7.02. The molecule has 3 rings (SSSR count). The van der Waals surface area contributed by atoms with Gasteiger partial charge in [-0.2, -0.15) is 0 Å². The smallest absolute Gasteiger partial charge is 0.0225 e. The van der Waals surface area contributed by atoms with Gasteiger partial charge in [-0.15, -0.1) is 0 Å². The summed E-state index contributed by atoms with van der Waals surface area (Å²) in [7, 11) is 0.